The molecule has 0 aliphatic carbocycles. The van der Waals surface area contributed by atoms with Gasteiger partial charge in [0.2, 0.25) is 0 Å². The summed E-state index contributed by atoms with van der Waals surface area (Å²) in [5.41, 5.74) is 3.24. The van der Waals surface area contributed by atoms with Gasteiger partial charge < -0.3 is 4.90 Å². The molecule has 0 radical (unpaired) electrons. The second kappa shape index (κ2) is 5.91. The van der Waals surface area contributed by atoms with Gasteiger partial charge in [-0.05, 0) is 44.2 Å². The standard InChI is InChI=1S/C16H22N2/c1-3-7-15-10-4-5-11-18(15)16-13(2)8-6-9-14(16)12-17/h6,8-9,15H,3-5,7,10-11H2,1-2H3. The fourth-order valence-electron chi connectivity index (χ4n) is 3.06. The third-order valence-corrected chi connectivity index (χ3v) is 3.89. The van der Waals surface area contributed by atoms with Gasteiger partial charge in [-0.25, -0.2) is 0 Å². The Morgan fingerprint density at radius 3 is 2.94 bits per heavy atom. The fourth-order valence-corrected chi connectivity index (χ4v) is 3.06. The summed E-state index contributed by atoms with van der Waals surface area (Å²) in [6.45, 7) is 5.47. The van der Waals surface area contributed by atoms with E-state index in [-0.39, 0.29) is 0 Å². The molecule has 96 valence electrons. The summed E-state index contributed by atoms with van der Waals surface area (Å²) >= 11 is 0. The second-order valence-electron chi connectivity index (χ2n) is 5.21. The average molecular weight is 242 g/mol. The molecule has 2 rings (SSSR count). The average Bonchev–Trinajstić information content (AvgIpc) is 2.40. The summed E-state index contributed by atoms with van der Waals surface area (Å²) < 4.78 is 0. The third-order valence-electron chi connectivity index (χ3n) is 3.89. The van der Waals surface area contributed by atoms with Crippen molar-refractivity contribution >= 4 is 5.69 Å². The highest BCUT2D eigenvalue weighted by atomic mass is 15.2. The van der Waals surface area contributed by atoms with E-state index < -0.39 is 0 Å². The normalized spacial score (nSPS) is 19.6. The van der Waals surface area contributed by atoms with E-state index in [9.17, 15) is 5.26 Å². The Morgan fingerprint density at radius 1 is 1.39 bits per heavy atom. The molecule has 1 atom stereocenters. The molecule has 1 aromatic carbocycles. The first-order chi connectivity index (χ1) is 8.77. The van der Waals surface area contributed by atoms with E-state index in [4.69, 9.17) is 0 Å². The number of hydrogen-bond donors (Lipinski definition) is 0. The van der Waals surface area contributed by atoms with Gasteiger partial charge in [-0.15, -0.1) is 0 Å². The van der Waals surface area contributed by atoms with Crippen molar-refractivity contribution in [1.82, 2.24) is 0 Å². The number of piperidine rings is 1. The number of anilines is 1. The molecule has 1 saturated heterocycles. The Hall–Kier alpha value is -1.49. The molecule has 0 bridgehead atoms. The van der Waals surface area contributed by atoms with Crippen molar-refractivity contribution < 1.29 is 0 Å². The molecule has 1 aromatic rings. The van der Waals surface area contributed by atoms with Gasteiger partial charge in [0, 0.05) is 12.6 Å². The van der Waals surface area contributed by atoms with Crippen LogP contribution in [0, 0.1) is 18.3 Å². The van der Waals surface area contributed by atoms with Crippen molar-refractivity contribution in [3.63, 3.8) is 0 Å². The van der Waals surface area contributed by atoms with Crippen molar-refractivity contribution in [2.45, 2.75) is 52.0 Å². The Balaban J connectivity index is 2.36. The van der Waals surface area contributed by atoms with E-state index in [0.717, 1.165) is 12.1 Å². The Bertz CT molecular complexity index is 443. The number of benzene rings is 1. The number of para-hydroxylation sites is 1. The molecule has 2 nitrogen and oxygen atoms in total. The van der Waals surface area contributed by atoms with Crippen LogP contribution in [0.2, 0.25) is 0 Å². The van der Waals surface area contributed by atoms with E-state index in [1.807, 2.05) is 12.1 Å². The lowest BCUT2D eigenvalue weighted by Gasteiger charge is -2.39. The molecule has 0 amide bonds. The maximum Gasteiger partial charge on any atom is 0.101 e. The molecule has 1 unspecified atom stereocenters. The van der Waals surface area contributed by atoms with Gasteiger partial charge in [-0.2, -0.15) is 5.26 Å². The van der Waals surface area contributed by atoms with Crippen molar-refractivity contribution in [1.29, 1.82) is 5.26 Å². The van der Waals surface area contributed by atoms with E-state index in [1.165, 1.54) is 43.4 Å². The summed E-state index contributed by atoms with van der Waals surface area (Å²) in [4.78, 5) is 2.49. The lowest BCUT2D eigenvalue weighted by atomic mass is 9.95. The van der Waals surface area contributed by atoms with Crippen LogP contribution in [-0.2, 0) is 0 Å². The van der Waals surface area contributed by atoms with Gasteiger partial charge in [-0.3, -0.25) is 0 Å². The van der Waals surface area contributed by atoms with Crippen LogP contribution in [0.1, 0.15) is 50.2 Å². The van der Waals surface area contributed by atoms with Gasteiger partial charge in [0.15, 0.2) is 0 Å². The lowest BCUT2D eigenvalue weighted by molar-refractivity contribution is 0.434. The van der Waals surface area contributed by atoms with Gasteiger partial charge in [0.25, 0.3) is 0 Å². The maximum absolute atomic E-state index is 9.31. The van der Waals surface area contributed by atoms with Crippen molar-refractivity contribution in [3.05, 3.63) is 29.3 Å². The predicted molar refractivity (Wildman–Crippen MR) is 75.8 cm³/mol. The van der Waals surface area contributed by atoms with Crippen molar-refractivity contribution in [2.75, 3.05) is 11.4 Å². The topological polar surface area (TPSA) is 27.0 Å². The van der Waals surface area contributed by atoms with Crippen molar-refractivity contribution in [2.24, 2.45) is 0 Å². The highest BCUT2D eigenvalue weighted by molar-refractivity contribution is 5.64. The Morgan fingerprint density at radius 2 is 2.22 bits per heavy atom. The maximum atomic E-state index is 9.31. The van der Waals surface area contributed by atoms with Crippen LogP contribution in [0.4, 0.5) is 5.69 Å². The molecular formula is C16H22N2. The predicted octanol–water partition coefficient (Wildman–Crippen LogP) is 4.03. The zero-order valence-electron chi connectivity index (χ0n) is 11.4. The number of nitrogens with zero attached hydrogens (tertiary/aromatic N) is 2. The lowest BCUT2D eigenvalue weighted by Crippen LogP contribution is -2.40. The van der Waals surface area contributed by atoms with Crippen LogP contribution < -0.4 is 4.90 Å². The van der Waals surface area contributed by atoms with Crippen molar-refractivity contribution in [3.8, 4) is 6.07 Å². The molecule has 0 N–H and O–H groups in total. The largest absolute Gasteiger partial charge is 0.367 e. The minimum Gasteiger partial charge on any atom is -0.367 e. The minimum absolute atomic E-state index is 0.622. The molecule has 1 heterocycles. The molecule has 2 heteroatoms. The molecule has 18 heavy (non-hydrogen) atoms. The molecule has 0 saturated carbocycles. The van der Waals surface area contributed by atoms with Gasteiger partial charge in [0.1, 0.15) is 6.07 Å². The first-order valence-corrected chi connectivity index (χ1v) is 7.04. The molecule has 0 aromatic heterocycles. The smallest absolute Gasteiger partial charge is 0.101 e. The monoisotopic (exact) mass is 242 g/mol. The number of rotatable bonds is 3. The van der Waals surface area contributed by atoms with Gasteiger partial charge in [-0.1, -0.05) is 25.5 Å². The quantitative estimate of drug-likeness (QED) is 0.800. The van der Waals surface area contributed by atoms with Gasteiger partial charge >= 0.3 is 0 Å². The van der Waals surface area contributed by atoms with Crippen LogP contribution in [0.25, 0.3) is 0 Å². The van der Waals surface area contributed by atoms with Gasteiger partial charge in [0.05, 0.1) is 11.3 Å². The molecule has 1 aliphatic rings. The molecular weight excluding hydrogens is 220 g/mol. The Kier molecular flexibility index (Phi) is 4.25. The van der Waals surface area contributed by atoms with Crippen LogP contribution in [-0.4, -0.2) is 12.6 Å². The molecule has 0 spiro atoms. The summed E-state index contributed by atoms with van der Waals surface area (Å²) in [7, 11) is 0. The highest BCUT2D eigenvalue weighted by Gasteiger charge is 2.24. The van der Waals surface area contributed by atoms with Crippen LogP contribution in [0.5, 0.6) is 0 Å². The summed E-state index contributed by atoms with van der Waals surface area (Å²) in [5.74, 6) is 0. The van der Waals surface area contributed by atoms with Crippen LogP contribution >= 0.6 is 0 Å². The summed E-state index contributed by atoms with van der Waals surface area (Å²) in [6.07, 6.45) is 6.30. The minimum atomic E-state index is 0.622. The molecule has 1 aliphatic heterocycles. The highest BCUT2D eigenvalue weighted by Crippen LogP contribution is 2.32. The zero-order chi connectivity index (χ0) is 13.0. The second-order valence-corrected chi connectivity index (χ2v) is 5.21. The first kappa shape index (κ1) is 13.0. The zero-order valence-corrected chi connectivity index (χ0v) is 11.4. The van der Waals surface area contributed by atoms with E-state index in [2.05, 4.69) is 30.9 Å². The third kappa shape index (κ3) is 2.51. The Labute approximate surface area is 110 Å². The SMILES string of the molecule is CCCC1CCCCN1c1c(C)cccc1C#N. The van der Waals surface area contributed by atoms with E-state index in [0.29, 0.717) is 6.04 Å². The van der Waals surface area contributed by atoms with Crippen LogP contribution in [0.15, 0.2) is 18.2 Å². The first-order valence-electron chi connectivity index (χ1n) is 7.04. The van der Waals surface area contributed by atoms with E-state index >= 15 is 0 Å². The summed E-state index contributed by atoms with van der Waals surface area (Å²) in [6, 6.07) is 9.02. The number of aryl methyl sites for hydroxylation is 1. The number of hydrogen-bond acceptors (Lipinski definition) is 2. The van der Waals surface area contributed by atoms with E-state index in [1.54, 1.807) is 0 Å². The fraction of sp³-hybridized carbons (Fsp3) is 0.562. The molecule has 1 fully saturated rings. The van der Waals surface area contributed by atoms with Crippen LogP contribution in [0.3, 0.4) is 0 Å². The number of nitriles is 1. The summed E-state index contributed by atoms with van der Waals surface area (Å²) in [5, 5.41) is 9.31.